The van der Waals surface area contributed by atoms with E-state index in [1.165, 1.54) is 31.4 Å². The normalized spacial score (nSPS) is 16.6. The molecule has 3 aromatic rings. The zero-order chi connectivity index (χ0) is 24.1. The Morgan fingerprint density at radius 2 is 1.82 bits per heavy atom. The van der Waals surface area contributed by atoms with Crippen LogP contribution in [0.25, 0.3) is 11.3 Å². The molecule has 8 nitrogen and oxygen atoms in total. The van der Waals surface area contributed by atoms with Gasteiger partial charge in [-0.1, -0.05) is 18.2 Å². The summed E-state index contributed by atoms with van der Waals surface area (Å²) < 4.78 is 41.0. The molecule has 5 rings (SSSR count). The van der Waals surface area contributed by atoms with Gasteiger partial charge in [0, 0.05) is 5.56 Å². The number of fused-ring (bicyclic) bond motifs is 1. The number of hydrogen-bond acceptors (Lipinski definition) is 6. The first-order valence-corrected chi connectivity index (χ1v) is 10.3. The number of halogens is 2. The van der Waals surface area contributed by atoms with Crippen LogP contribution in [0.1, 0.15) is 28.8 Å². The highest BCUT2D eigenvalue weighted by molar-refractivity contribution is 6.01. The van der Waals surface area contributed by atoms with Crippen LogP contribution >= 0.6 is 0 Å². The van der Waals surface area contributed by atoms with Crippen molar-refractivity contribution in [1.82, 2.24) is 4.98 Å². The molecule has 1 aromatic heterocycles. The number of alkyl halides is 2. The van der Waals surface area contributed by atoms with E-state index < -0.39 is 17.7 Å². The Morgan fingerprint density at radius 1 is 1.06 bits per heavy atom. The molecule has 1 aliphatic carbocycles. The lowest BCUT2D eigenvalue weighted by Gasteiger charge is -2.17. The smallest absolute Gasteiger partial charge is 0.494 e. The minimum Gasteiger partial charge on any atom is -0.494 e. The summed E-state index contributed by atoms with van der Waals surface area (Å²) in [5, 5.41) is 12.1. The zero-order valence-electron chi connectivity index (χ0n) is 17.8. The SMILES string of the molecule is COc1ccc(NC(=O)C2(c3ccc4c(c3)OC(F)(F)O4)CC2)nc1-c1cccc(C(=O)O)c1. The molecule has 174 valence electrons. The van der Waals surface area contributed by atoms with E-state index in [0.717, 1.165) is 0 Å². The summed E-state index contributed by atoms with van der Waals surface area (Å²) in [4.78, 5) is 29.0. The topological polar surface area (TPSA) is 107 Å². The molecule has 1 saturated carbocycles. The Morgan fingerprint density at radius 3 is 2.53 bits per heavy atom. The van der Waals surface area contributed by atoms with Crippen molar-refractivity contribution in [2.75, 3.05) is 12.4 Å². The fourth-order valence-electron chi connectivity index (χ4n) is 3.94. The van der Waals surface area contributed by atoms with Gasteiger partial charge in [0.2, 0.25) is 5.91 Å². The summed E-state index contributed by atoms with van der Waals surface area (Å²) in [6, 6.07) is 13.7. The van der Waals surface area contributed by atoms with E-state index >= 15 is 0 Å². The molecule has 0 bridgehead atoms. The molecule has 34 heavy (non-hydrogen) atoms. The largest absolute Gasteiger partial charge is 0.586 e. The third kappa shape index (κ3) is 3.76. The van der Waals surface area contributed by atoms with Crippen molar-refractivity contribution >= 4 is 17.7 Å². The van der Waals surface area contributed by atoms with E-state index in [2.05, 4.69) is 19.8 Å². The molecule has 0 radical (unpaired) electrons. The van der Waals surface area contributed by atoms with Crippen LogP contribution in [-0.4, -0.2) is 35.4 Å². The molecular weight excluding hydrogens is 450 g/mol. The predicted molar refractivity (Wildman–Crippen MR) is 115 cm³/mol. The van der Waals surface area contributed by atoms with Gasteiger partial charge >= 0.3 is 12.3 Å². The molecule has 1 aliphatic heterocycles. The summed E-state index contributed by atoms with van der Waals surface area (Å²) in [5.74, 6) is -0.998. The summed E-state index contributed by atoms with van der Waals surface area (Å²) in [6.45, 7) is 0. The average Bonchev–Trinajstić information content (AvgIpc) is 3.56. The van der Waals surface area contributed by atoms with Crippen LogP contribution in [0.4, 0.5) is 14.6 Å². The first-order valence-electron chi connectivity index (χ1n) is 10.3. The maximum Gasteiger partial charge on any atom is 0.586 e. The highest BCUT2D eigenvalue weighted by atomic mass is 19.3. The second kappa shape index (κ2) is 7.68. The van der Waals surface area contributed by atoms with Crippen LogP contribution in [0.2, 0.25) is 0 Å². The Hall–Kier alpha value is -4.21. The number of benzene rings is 2. The van der Waals surface area contributed by atoms with Gasteiger partial charge in [0.15, 0.2) is 11.5 Å². The number of nitrogens with one attached hydrogen (secondary N) is 1. The summed E-state index contributed by atoms with van der Waals surface area (Å²) >= 11 is 0. The predicted octanol–water partition coefficient (Wildman–Crippen LogP) is 4.45. The van der Waals surface area contributed by atoms with Crippen LogP contribution < -0.4 is 19.5 Å². The number of carbonyl (C=O) groups is 2. The Kier molecular flexibility index (Phi) is 4.89. The highest BCUT2D eigenvalue weighted by Crippen LogP contribution is 2.52. The molecule has 2 aromatic carbocycles. The van der Waals surface area contributed by atoms with Gasteiger partial charge in [-0.2, -0.15) is 0 Å². The van der Waals surface area contributed by atoms with Gasteiger partial charge in [-0.25, -0.2) is 9.78 Å². The number of carbonyl (C=O) groups excluding carboxylic acids is 1. The van der Waals surface area contributed by atoms with E-state index in [4.69, 9.17) is 4.74 Å². The molecular formula is C24H18F2N2O6. The van der Waals surface area contributed by atoms with Gasteiger partial charge in [0.05, 0.1) is 18.1 Å². The molecule has 2 heterocycles. The third-order valence-electron chi connectivity index (χ3n) is 5.84. The van der Waals surface area contributed by atoms with Crippen LogP contribution in [0.3, 0.4) is 0 Å². The van der Waals surface area contributed by atoms with E-state index in [0.29, 0.717) is 35.4 Å². The van der Waals surface area contributed by atoms with E-state index in [-0.39, 0.29) is 28.8 Å². The number of rotatable bonds is 6. The van der Waals surface area contributed by atoms with Gasteiger partial charge in [-0.15, -0.1) is 8.78 Å². The first kappa shape index (κ1) is 21.6. The fraction of sp³-hybridized carbons (Fsp3) is 0.208. The Bertz CT molecular complexity index is 1320. The number of amides is 1. The number of nitrogens with zero attached hydrogens (tertiary/aromatic N) is 1. The number of pyridine rings is 1. The molecule has 0 unspecified atom stereocenters. The van der Waals surface area contributed by atoms with Crippen molar-refractivity contribution < 1.29 is 37.7 Å². The van der Waals surface area contributed by atoms with Crippen LogP contribution in [0.15, 0.2) is 54.6 Å². The van der Waals surface area contributed by atoms with E-state index in [9.17, 15) is 23.5 Å². The number of methoxy groups -OCH3 is 1. The Balaban J connectivity index is 1.42. The van der Waals surface area contributed by atoms with Gasteiger partial charge in [-0.3, -0.25) is 4.79 Å². The maximum absolute atomic E-state index is 13.4. The van der Waals surface area contributed by atoms with Gasteiger partial charge in [0.1, 0.15) is 17.3 Å². The van der Waals surface area contributed by atoms with Gasteiger partial charge < -0.3 is 24.6 Å². The minimum absolute atomic E-state index is 0.0844. The van der Waals surface area contributed by atoms with Crippen molar-refractivity contribution in [3.05, 3.63) is 65.7 Å². The Labute approximate surface area is 192 Å². The minimum atomic E-state index is -3.73. The number of carboxylic acid groups (broad SMARTS) is 1. The number of ether oxygens (including phenoxy) is 3. The number of anilines is 1. The lowest BCUT2D eigenvalue weighted by molar-refractivity contribution is -0.286. The van der Waals surface area contributed by atoms with Crippen molar-refractivity contribution in [2.45, 2.75) is 24.6 Å². The number of aromatic nitrogens is 1. The second-order valence-corrected chi connectivity index (χ2v) is 8.00. The van der Waals surface area contributed by atoms with Crippen molar-refractivity contribution in [3.8, 4) is 28.5 Å². The summed E-state index contributed by atoms with van der Waals surface area (Å²) in [6.07, 6.45) is -2.68. The lowest BCUT2D eigenvalue weighted by atomic mass is 9.94. The quantitative estimate of drug-likeness (QED) is 0.551. The van der Waals surface area contributed by atoms with Crippen LogP contribution in [0, 0.1) is 0 Å². The van der Waals surface area contributed by atoms with Crippen molar-refractivity contribution in [3.63, 3.8) is 0 Å². The molecule has 10 heteroatoms. The first-order chi connectivity index (χ1) is 16.2. The zero-order valence-corrected chi connectivity index (χ0v) is 17.8. The van der Waals surface area contributed by atoms with E-state index in [1.54, 1.807) is 30.3 Å². The number of carboxylic acids is 1. The third-order valence-corrected chi connectivity index (χ3v) is 5.84. The monoisotopic (exact) mass is 468 g/mol. The van der Waals surface area contributed by atoms with Crippen LogP contribution in [0.5, 0.6) is 17.2 Å². The molecule has 0 atom stereocenters. The summed E-state index contributed by atoms with van der Waals surface area (Å²) in [5.41, 5.74) is 0.583. The molecule has 2 aliphatic rings. The molecule has 1 amide bonds. The maximum atomic E-state index is 13.4. The standard InChI is InChI=1S/C24H18F2N2O6/c1-32-17-7-8-19(27-20(17)13-3-2-4-14(11-13)21(29)30)28-22(31)23(9-10-23)15-5-6-16-18(12-15)34-24(25,26)33-16/h2-8,11-12H,9-10H2,1H3,(H,29,30)(H,27,28,31). The summed E-state index contributed by atoms with van der Waals surface area (Å²) in [7, 11) is 1.46. The van der Waals surface area contributed by atoms with Crippen molar-refractivity contribution in [2.24, 2.45) is 0 Å². The number of hydrogen-bond donors (Lipinski definition) is 2. The van der Waals surface area contributed by atoms with Gasteiger partial charge in [-0.05, 0) is 54.8 Å². The molecule has 1 fully saturated rings. The van der Waals surface area contributed by atoms with Crippen molar-refractivity contribution in [1.29, 1.82) is 0 Å². The fourth-order valence-corrected chi connectivity index (χ4v) is 3.94. The highest BCUT2D eigenvalue weighted by Gasteiger charge is 2.53. The molecule has 0 spiro atoms. The second-order valence-electron chi connectivity index (χ2n) is 8.00. The van der Waals surface area contributed by atoms with Gasteiger partial charge in [0.25, 0.3) is 0 Å². The molecule has 2 N–H and O–H groups in total. The molecule has 0 saturated heterocycles. The average molecular weight is 468 g/mol. The van der Waals surface area contributed by atoms with Crippen LogP contribution in [-0.2, 0) is 10.2 Å². The lowest BCUT2D eigenvalue weighted by Crippen LogP contribution is -2.28. The van der Waals surface area contributed by atoms with E-state index in [1.807, 2.05) is 0 Å². The number of aromatic carboxylic acids is 1.